The van der Waals surface area contributed by atoms with Crippen LogP contribution in [-0.2, 0) is 16.1 Å². The van der Waals surface area contributed by atoms with Crippen LogP contribution in [0.25, 0.3) is 0 Å². The number of carbonyl (C=O) groups excluding carboxylic acids is 3. The summed E-state index contributed by atoms with van der Waals surface area (Å²) in [6, 6.07) is 12.7. The van der Waals surface area contributed by atoms with Crippen LogP contribution < -0.4 is 10.6 Å². The van der Waals surface area contributed by atoms with Crippen molar-refractivity contribution in [1.82, 2.24) is 9.88 Å². The Morgan fingerprint density at radius 3 is 2.67 bits per heavy atom. The molecule has 0 radical (unpaired) electrons. The summed E-state index contributed by atoms with van der Waals surface area (Å²) < 4.78 is 5.44. The van der Waals surface area contributed by atoms with Gasteiger partial charge in [0, 0.05) is 24.2 Å². The van der Waals surface area contributed by atoms with E-state index in [9.17, 15) is 19.5 Å². The standard InChI is InChI=1S/C23H22N4O5S/c24-20(29)17-9-8-16(13-19(17)28)27(22-25-10-12-33-22)21(30)18-7-4-11-26(18)23(31)32-14-15-5-2-1-3-6-15/h1-3,5-6,8-10,12-13,18,28H,4,7,11,14H2,(H2,24,29). The number of likely N-dealkylation sites (tertiary alicyclic amines) is 1. The van der Waals surface area contributed by atoms with E-state index in [1.807, 2.05) is 30.3 Å². The van der Waals surface area contributed by atoms with Gasteiger partial charge in [-0.2, -0.15) is 0 Å². The van der Waals surface area contributed by atoms with Gasteiger partial charge in [-0.3, -0.25) is 19.4 Å². The Kier molecular flexibility index (Phi) is 6.55. The van der Waals surface area contributed by atoms with E-state index < -0.39 is 18.0 Å². The maximum absolute atomic E-state index is 13.6. The molecule has 1 unspecified atom stereocenters. The maximum atomic E-state index is 13.6. The number of phenols is 1. The fourth-order valence-electron chi connectivity index (χ4n) is 3.72. The fourth-order valence-corrected chi connectivity index (χ4v) is 4.38. The Morgan fingerprint density at radius 2 is 2.00 bits per heavy atom. The van der Waals surface area contributed by atoms with Crippen molar-refractivity contribution in [2.75, 3.05) is 11.4 Å². The lowest BCUT2D eigenvalue weighted by Gasteiger charge is -2.28. The molecule has 0 aliphatic carbocycles. The highest BCUT2D eigenvalue weighted by atomic mass is 32.1. The molecule has 1 atom stereocenters. The third-order valence-corrected chi connectivity index (χ3v) is 6.07. The number of thiazole rings is 1. The molecule has 1 aliphatic rings. The van der Waals surface area contributed by atoms with Crippen LogP contribution in [-0.4, -0.2) is 45.5 Å². The largest absolute Gasteiger partial charge is 0.507 e. The van der Waals surface area contributed by atoms with Gasteiger partial charge in [0.25, 0.3) is 11.8 Å². The highest BCUT2D eigenvalue weighted by molar-refractivity contribution is 7.13. The number of carbonyl (C=O) groups is 3. The van der Waals surface area contributed by atoms with Gasteiger partial charge in [-0.15, -0.1) is 11.3 Å². The minimum absolute atomic E-state index is 0.0581. The number of nitrogens with two attached hydrogens (primary N) is 1. The summed E-state index contributed by atoms with van der Waals surface area (Å²) >= 11 is 1.23. The quantitative estimate of drug-likeness (QED) is 0.573. The van der Waals surface area contributed by atoms with Crippen molar-refractivity contribution in [3.8, 4) is 5.75 Å². The van der Waals surface area contributed by atoms with Gasteiger partial charge < -0.3 is 15.6 Å². The zero-order chi connectivity index (χ0) is 23.4. The summed E-state index contributed by atoms with van der Waals surface area (Å²) in [4.78, 5) is 44.9. The number of aromatic hydroxyl groups is 1. The molecule has 9 nitrogen and oxygen atoms in total. The predicted octanol–water partition coefficient (Wildman–Crippen LogP) is 3.41. The first-order valence-corrected chi connectivity index (χ1v) is 11.2. The molecule has 0 spiro atoms. The normalized spacial score (nSPS) is 15.3. The summed E-state index contributed by atoms with van der Waals surface area (Å²) in [6.07, 6.45) is 2.10. The van der Waals surface area contributed by atoms with E-state index in [1.54, 1.807) is 11.6 Å². The Morgan fingerprint density at radius 1 is 1.21 bits per heavy atom. The fraction of sp³-hybridized carbons (Fsp3) is 0.217. The summed E-state index contributed by atoms with van der Waals surface area (Å²) in [5.74, 6) is -1.51. The molecule has 3 N–H and O–H groups in total. The Hall–Kier alpha value is -3.92. The van der Waals surface area contributed by atoms with Crippen LogP contribution >= 0.6 is 11.3 Å². The number of anilines is 2. The molecule has 3 aromatic rings. The van der Waals surface area contributed by atoms with Crippen LogP contribution in [0.2, 0.25) is 0 Å². The number of hydrogen-bond donors (Lipinski definition) is 2. The Labute approximate surface area is 194 Å². The first-order chi connectivity index (χ1) is 16.0. The van der Waals surface area contributed by atoms with Gasteiger partial charge in [-0.1, -0.05) is 30.3 Å². The first-order valence-electron chi connectivity index (χ1n) is 10.3. The van der Waals surface area contributed by atoms with Crippen molar-refractivity contribution in [2.45, 2.75) is 25.5 Å². The monoisotopic (exact) mass is 466 g/mol. The van der Waals surface area contributed by atoms with Gasteiger partial charge in [0.15, 0.2) is 5.13 Å². The van der Waals surface area contributed by atoms with E-state index in [4.69, 9.17) is 10.5 Å². The molecule has 2 aromatic carbocycles. The average Bonchev–Trinajstić information content (AvgIpc) is 3.51. The molecule has 0 bridgehead atoms. The summed E-state index contributed by atoms with van der Waals surface area (Å²) in [6.45, 7) is 0.497. The number of primary amides is 1. The highest BCUT2D eigenvalue weighted by Gasteiger charge is 2.39. The molecular weight excluding hydrogens is 444 g/mol. The molecule has 33 heavy (non-hydrogen) atoms. The molecule has 1 aliphatic heterocycles. The van der Waals surface area contributed by atoms with Crippen molar-refractivity contribution in [1.29, 1.82) is 0 Å². The zero-order valence-electron chi connectivity index (χ0n) is 17.6. The Balaban J connectivity index is 1.57. The minimum Gasteiger partial charge on any atom is -0.507 e. The van der Waals surface area contributed by atoms with Crippen molar-refractivity contribution >= 4 is 40.1 Å². The van der Waals surface area contributed by atoms with Crippen LogP contribution in [0.5, 0.6) is 5.75 Å². The second-order valence-electron chi connectivity index (χ2n) is 7.45. The lowest BCUT2D eigenvalue weighted by Crippen LogP contribution is -2.46. The third kappa shape index (κ3) is 4.80. The van der Waals surface area contributed by atoms with Crippen LogP contribution in [0.4, 0.5) is 15.6 Å². The summed E-state index contributed by atoms with van der Waals surface area (Å²) in [5, 5.41) is 12.3. The van der Waals surface area contributed by atoms with Crippen molar-refractivity contribution in [3.63, 3.8) is 0 Å². The maximum Gasteiger partial charge on any atom is 0.410 e. The SMILES string of the molecule is NC(=O)c1ccc(N(C(=O)C2CCCN2C(=O)OCc2ccccc2)c2nccs2)cc1O. The topological polar surface area (TPSA) is 126 Å². The van der Waals surface area contributed by atoms with E-state index in [1.165, 1.54) is 39.3 Å². The molecular formula is C23H22N4O5S. The van der Waals surface area contributed by atoms with Crippen molar-refractivity contribution in [2.24, 2.45) is 5.73 Å². The van der Waals surface area contributed by atoms with Crippen molar-refractivity contribution in [3.05, 3.63) is 71.2 Å². The van der Waals surface area contributed by atoms with Crippen LogP contribution in [0.3, 0.4) is 0 Å². The van der Waals surface area contributed by atoms with E-state index in [0.29, 0.717) is 30.2 Å². The lowest BCUT2D eigenvalue weighted by atomic mass is 10.1. The third-order valence-electron chi connectivity index (χ3n) is 5.31. The molecule has 10 heteroatoms. The molecule has 3 amide bonds. The summed E-state index contributed by atoms with van der Waals surface area (Å²) in [7, 11) is 0. The number of amides is 3. The zero-order valence-corrected chi connectivity index (χ0v) is 18.4. The number of hydrogen-bond acceptors (Lipinski definition) is 7. The van der Waals surface area contributed by atoms with Gasteiger partial charge in [-0.25, -0.2) is 9.78 Å². The summed E-state index contributed by atoms with van der Waals surface area (Å²) in [5.41, 5.74) is 6.37. The van der Waals surface area contributed by atoms with Gasteiger partial charge in [0.05, 0.1) is 11.3 Å². The molecule has 170 valence electrons. The van der Waals surface area contributed by atoms with Crippen molar-refractivity contribution < 1.29 is 24.2 Å². The lowest BCUT2D eigenvalue weighted by molar-refractivity contribution is -0.121. The van der Waals surface area contributed by atoms with Crippen LogP contribution in [0.1, 0.15) is 28.8 Å². The number of ether oxygens (including phenoxy) is 1. The second kappa shape index (κ2) is 9.70. The average molecular weight is 467 g/mol. The number of benzene rings is 2. The minimum atomic E-state index is -0.783. The van der Waals surface area contributed by atoms with E-state index in [2.05, 4.69) is 4.98 Å². The molecule has 1 fully saturated rings. The highest BCUT2D eigenvalue weighted by Crippen LogP contribution is 2.34. The molecule has 1 saturated heterocycles. The number of nitrogens with zero attached hydrogens (tertiary/aromatic N) is 3. The number of rotatable bonds is 6. The Bertz CT molecular complexity index is 1150. The first kappa shape index (κ1) is 22.3. The van der Waals surface area contributed by atoms with Gasteiger partial charge in [0.2, 0.25) is 0 Å². The number of aromatic nitrogens is 1. The van der Waals surface area contributed by atoms with Gasteiger partial charge >= 0.3 is 6.09 Å². The predicted molar refractivity (Wildman–Crippen MR) is 122 cm³/mol. The molecule has 2 heterocycles. The molecule has 1 aromatic heterocycles. The van der Waals surface area contributed by atoms with Crippen LogP contribution in [0, 0.1) is 0 Å². The smallest absolute Gasteiger partial charge is 0.410 e. The van der Waals surface area contributed by atoms with E-state index in [0.717, 1.165) is 5.56 Å². The van der Waals surface area contributed by atoms with Gasteiger partial charge in [-0.05, 0) is 30.5 Å². The molecule has 0 saturated carbocycles. The van der Waals surface area contributed by atoms with Gasteiger partial charge in [0.1, 0.15) is 18.4 Å². The second-order valence-corrected chi connectivity index (χ2v) is 8.32. The van der Waals surface area contributed by atoms with Crippen LogP contribution in [0.15, 0.2) is 60.1 Å². The van der Waals surface area contributed by atoms with E-state index in [-0.39, 0.29) is 23.8 Å². The van der Waals surface area contributed by atoms with E-state index >= 15 is 0 Å². The molecule has 4 rings (SSSR count).